The van der Waals surface area contributed by atoms with Gasteiger partial charge in [0.25, 0.3) is 0 Å². The first kappa shape index (κ1) is 12.3. The molecule has 0 saturated heterocycles. The number of nitrogens with zero attached hydrogens (tertiary/aromatic N) is 2. The van der Waals surface area contributed by atoms with Gasteiger partial charge in [-0.25, -0.2) is 14.2 Å². The van der Waals surface area contributed by atoms with Crippen molar-refractivity contribution < 1.29 is 18.4 Å². The second-order valence-electron chi connectivity index (χ2n) is 4.65. The highest BCUT2D eigenvalue weighted by atomic mass is 79.9. The summed E-state index contributed by atoms with van der Waals surface area (Å²) >= 11 is 9.33. The number of benzene rings is 2. The predicted octanol–water partition coefficient (Wildman–Crippen LogP) is 4.57. The van der Waals surface area contributed by atoms with Crippen LogP contribution in [0, 0.1) is 5.82 Å². The van der Waals surface area contributed by atoms with Gasteiger partial charge in [-0.3, -0.25) is 0 Å². The lowest BCUT2D eigenvalue weighted by molar-refractivity contribution is 0.0697. The monoisotopic (exact) mass is 401 g/mol. The van der Waals surface area contributed by atoms with Crippen LogP contribution in [0.1, 0.15) is 14.5 Å². The molecule has 0 aliphatic carbocycles. The number of imidazole rings is 1. The number of hydrogen-bond acceptors (Lipinski definition) is 3. The van der Waals surface area contributed by atoms with E-state index in [9.17, 15) is 14.3 Å². The fourth-order valence-corrected chi connectivity index (χ4v) is 2.85. The number of aromatic nitrogens is 2. The molecule has 0 aliphatic rings. The summed E-state index contributed by atoms with van der Waals surface area (Å²) in [6, 6.07) is 5.82. The fourth-order valence-electron chi connectivity index (χ4n) is 2.13. The van der Waals surface area contributed by atoms with E-state index in [0.717, 1.165) is 17.0 Å². The van der Waals surface area contributed by atoms with E-state index in [1.165, 1.54) is 0 Å². The molecule has 0 bridgehead atoms. The standard InChI is InChI=1S/C15H10BrClFN3O2/c1-21-6-19-14-11(21)5-8(15(22)23)13(12(14)18)20-10-3-2-7(16)4-9(10)17/h2-6,20H,1H3,(H,22,23)/i1+1D3. The average Bonchev–Trinajstić information content (AvgIpc) is 2.96. The minimum Gasteiger partial charge on any atom is -0.478 e. The van der Waals surface area contributed by atoms with E-state index in [0.29, 0.717) is 4.47 Å². The van der Waals surface area contributed by atoms with Crippen LogP contribution in [0.15, 0.2) is 35.1 Å². The second kappa shape index (κ2) is 5.82. The van der Waals surface area contributed by atoms with Crippen molar-refractivity contribution in [1.29, 1.82) is 0 Å². The molecule has 3 rings (SSSR count). The zero-order valence-corrected chi connectivity index (χ0v) is 13.6. The van der Waals surface area contributed by atoms with Gasteiger partial charge in [-0.15, -0.1) is 0 Å². The highest BCUT2D eigenvalue weighted by molar-refractivity contribution is 9.10. The van der Waals surface area contributed by atoms with Crippen LogP contribution in [0.25, 0.3) is 11.0 Å². The largest absolute Gasteiger partial charge is 0.478 e. The lowest BCUT2D eigenvalue weighted by Crippen LogP contribution is -2.06. The molecule has 118 valence electrons. The maximum Gasteiger partial charge on any atom is 0.338 e. The van der Waals surface area contributed by atoms with E-state index in [4.69, 9.17) is 15.7 Å². The minimum absolute atomic E-state index is 0.146. The highest BCUT2D eigenvalue weighted by Gasteiger charge is 2.21. The van der Waals surface area contributed by atoms with Gasteiger partial charge in [0, 0.05) is 15.6 Å². The Morgan fingerprint density at radius 2 is 2.30 bits per heavy atom. The van der Waals surface area contributed by atoms with Gasteiger partial charge in [0.2, 0.25) is 0 Å². The third kappa shape index (κ3) is 2.77. The molecule has 0 unspecified atom stereocenters. The van der Waals surface area contributed by atoms with Crippen LogP contribution < -0.4 is 5.32 Å². The highest BCUT2D eigenvalue weighted by Crippen LogP contribution is 2.34. The van der Waals surface area contributed by atoms with Gasteiger partial charge in [-0.2, -0.15) is 0 Å². The summed E-state index contributed by atoms with van der Waals surface area (Å²) in [6.07, 6.45) is 0.947. The Balaban J connectivity index is 2.23. The number of aromatic carboxylic acids is 1. The van der Waals surface area contributed by atoms with Crippen LogP contribution in [0.2, 0.25) is 5.02 Å². The van der Waals surface area contributed by atoms with E-state index in [-0.39, 0.29) is 27.4 Å². The summed E-state index contributed by atoms with van der Waals surface area (Å²) < 4.78 is 38.7. The molecule has 8 heteroatoms. The zero-order chi connectivity index (χ0) is 19.2. The van der Waals surface area contributed by atoms with Crippen molar-refractivity contribution in [2.45, 2.75) is 0 Å². The smallest absolute Gasteiger partial charge is 0.338 e. The predicted molar refractivity (Wildman–Crippen MR) is 90.1 cm³/mol. The van der Waals surface area contributed by atoms with Crippen LogP contribution in [-0.2, 0) is 6.98 Å². The minimum atomic E-state index is -2.62. The van der Waals surface area contributed by atoms with Crippen LogP contribution in [0.4, 0.5) is 15.8 Å². The summed E-state index contributed by atoms with van der Waals surface area (Å²) in [4.78, 5) is 15.4. The summed E-state index contributed by atoms with van der Waals surface area (Å²) in [7, 11) is 0. The van der Waals surface area contributed by atoms with Crippen molar-refractivity contribution in [2.24, 2.45) is 6.98 Å². The topological polar surface area (TPSA) is 67.2 Å². The number of aryl methyl sites for hydroxylation is 1. The Morgan fingerprint density at radius 3 is 2.96 bits per heavy atom. The van der Waals surface area contributed by atoms with Crippen LogP contribution >= 0.6 is 27.5 Å². The van der Waals surface area contributed by atoms with E-state index in [1.54, 1.807) is 18.2 Å². The first-order chi connectivity index (χ1) is 12.1. The van der Waals surface area contributed by atoms with E-state index in [1.807, 2.05) is 0 Å². The number of hydrogen-bond donors (Lipinski definition) is 2. The number of halogens is 3. The molecule has 0 radical (unpaired) electrons. The average molecular weight is 403 g/mol. The van der Waals surface area contributed by atoms with Crippen molar-refractivity contribution in [2.75, 3.05) is 5.32 Å². The molecule has 0 fully saturated rings. The van der Waals surface area contributed by atoms with Crippen LogP contribution in [0.5, 0.6) is 0 Å². The summed E-state index contributed by atoms with van der Waals surface area (Å²) in [5, 5.41) is 12.4. The number of fused-ring (bicyclic) bond motifs is 1. The van der Waals surface area contributed by atoms with E-state index < -0.39 is 24.3 Å². The summed E-state index contributed by atoms with van der Waals surface area (Å²) in [5.41, 5.74) is -0.926. The van der Waals surface area contributed by atoms with Gasteiger partial charge in [0.15, 0.2) is 5.82 Å². The number of nitrogens with one attached hydrogen (secondary N) is 1. The number of carboxylic acids is 1. The number of carboxylic acid groups (broad SMARTS) is 1. The van der Waals surface area contributed by atoms with Gasteiger partial charge >= 0.3 is 5.97 Å². The lowest BCUT2D eigenvalue weighted by atomic mass is 10.1. The molecule has 0 amide bonds. The molecule has 23 heavy (non-hydrogen) atoms. The third-order valence-corrected chi connectivity index (χ3v) is 4.01. The van der Waals surface area contributed by atoms with Crippen molar-refractivity contribution in [3.05, 3.63) is 51.5 Å². The SMILES string of the molecule is [2H][13C]([2H])([2H])n1cnc2c(F)c(Nc3ccc(Br)cc3Cl)c(C(=O)O)cc21. The van der Waals surface area contributed by atoms with Crippen LogP contribution in [0.3, 0.4) is 0 Å². The van der Waals surface area contributed by atoms with Gasteiger partial charge < -0.3 is 15.0 Å². The first-order valence-electron chi connectivity index (χ1n) is 7.75. The molecule has 5 nitrogen and oxygen atoms in total. The molecule has 0 aliphatic heterocycles. The van der Waals surface area contributed by atoms with E-state index >= 15 is 0 Å². The van der Waals surface area contributed by atoms with Gasteiger partial charge in [-0.1, -0.05) is 27.5 Å². The Labute approximate surface area is 148 Å². The van der Waals surface area contributed by atoms with Gasteiger partial charge in [0.1, 0.15) is 5.52 Å². The Morgan fingerprint density at radius 1 is 1.52 bits per heavy atom. The van der Waals surface area contributed by atoms with E-state index in [2.05, 4.69) is 26.2 Å². The van der Waals surface area contributed by atoms with Crippen molar-refractivity contribution >= 4 is 55.9 Å². The fraction of sp³-hybridized carbons (Fsp3) is 0.0667. The van der Waals surface area contributed by atoms with Gasteiger partial charge in [0.05, 0.1) is 33.8 Å². The van der Waals surface area contributed by atoms with Crippen molar-refractivity contribution in [1.82, 2.24) is 9.55 Å². The Bertz CT molecular complexity index is 1040. The molecule has 2 N–H and O–H groups in total. The summed E-state index contributed by atoms with van der Waals surface area (Å²) in [5.74, 6) is -2.42. The molecule has 1 aromatic heterocycles. The molecule has 0 atom stereocenters. The maximum absolute atomic E-state index is 15.0. The molecule has 0 saturated carbocycles. The normalized spacial score (nSPS) is 13.4. The van der Waals surface area contributed by atoms with Gasteiger partial charge in [-0.05, 0) is 24.3 Å². The Kier molecular flexibility index (Phi) is 3.12. The third-order valence-electron chi connectivity index (χ3n) is 3.20. The molecule has 2 aromatic carbocycles. The number of anilines is 2. The summed E-state index contributed by atoms with van der Waals surface area (Å²) in [6.45, 7) is -2.62. The molecular formula is C15H10BrClFN3O2. The number of carbonyl (C=O) groups is 1. The number of rotatable bonds is 3. The van der Waals surface area contributed by atoms with Crippen molar-refractivity contribution in [3.8, 4) is 0 Å². The molecular weight excluding hydrogens is 390 g/mol. The first-order valence-corrected chi connectivity index (χ1v) is 7.42. The maximum atomic E-state index is 15.0. The zero-order valence-electron chi connectivity index (χ0n) is 14.3. The Hall–Kier alpha value is -2.12. The second-order valence-corrected chi connectivity index (χ2v) is 5.97. The quantitative estimate of drug-likeness (QED) is 0.630. The van der Waals surface area contributed by atoms with Crippen LogP contribution in [-0.4, -0.2) is 20.6 Å². The van der Waals surface area contributed by atoms with Crippen molar-refractivity contribution in [3.63, 3.8) is 0 Å². The molecule has 1 heterocycles. The lowest BCUT2D eigenvalue weighted by Gasteiger charge is -2.13. The molecule has 0 spiro atoms. The molecule has 3 aromatic rings.